The lowest BCUT2D eigenvalue weighted by Crippen LogP contribution is -2.30. The van der Waals surface area contributed by atoms with Gasteiger partial charge in [0.25, 0.3) is 0 Å². The summed E-state index contributed by atoms with van der Waals surface area (Å²) < 4.78 is 2.34. The molecule has 3 nitrogen and oxygen atoms in total. The van der Waals surface area contributed by atoms with Crippen molar-refractivity contribution in [3.63, 3.8) is 0 Å². The van der Waals surface area contributed by atoms with Crippen LogP contribution >= 0.6 is 0 Å². The van der Waals surface area contributed by atoms with E-state index in [4.69, 9.17) is 4.98 Å². The minimum atomic E-state index is -0.438. The van der Waals surface area contributed by atoms with Gasteiger partial charge in [0, 0.05) is 22.7 Å². The Bertz CT molecular complexity index is 2550. The monoisotopic (exact) mass is 695 g/mol. The van der Waals surface area contributed by atoms with E-state index in [2.05, 4.69) is 224 Å². The summed E-state index contributed by atoms with van der Waals surface area (Å²) in [6.07, 6.45) is 7.84. The van der Waals surface area contributed by atoms with E-state index >= 15 is 0 Å². The first-order valence-electron chi connectivity index (χ1n) is 18.7. The van der Waals surface area contributed by atoms with Crippen LogP contribution in [0.2, 0.25) is 0 Å². The molecule has 0 bridgehead atoms. The Hall–Kier alpha value is -6.71. The van der Waals surface area contributed by atoms with Gasteiger partial charge in [-0.15, -0.1) is 0 Å². The van der Waals surface area contributed by atoms with Gasteiger partial charge < -0.3 is 4.90 Å². The van der Waals surface area contributed by atoms with Crippen molar-refractivity contribution >= 4 is 33.7 Å². The lowest BCUT2D eigenvalue weighted by atomic mass is 9.73. The number of rotatable bonds is 8. The van der Waals surface area contributed by atoms with Gasteiger partial charge in [0.2, 0.25) is 0 Å². The van der Waals surface area contributed by atoms with E-state index in [0.29, 0.717) is 0 Å². The maximum Gasteiger partial charge on any atom is 0.129 e. The summed E-state index contributed by atoms with van der Waals surface area (Å²) >= 11 is 0. The lowest BCUT2D eigenvalue weighted by molar-refractivity contribution is 0.593. The normalized spacial score (nSPS) is 15.3. The van der Waals surface area contributed by atoms with Gasteiger partial charge in [-0.3, -0.25) is 4.57 Å². The molecule has 1 aliphatic rings. The first-order valence-corrected chi connectivity index (χ1v) is 18.7. The van der Waals surface area contributed by atoms with Crippen LogP contribution in [0.4, 0.5) is 17.1 Å². The highest BCUT2D eigenvalue weighted by Crippen LogP contribution is 2.44. The molecule has 0 N–H and O–H groups in total. The lowest BCUT2D eigenvalue weighted by Gasteiger charge is -2.33. The van der Waals surface area contributed by atoms with Gasteiger partial charge in [0.05, 0.1) is 16.4 Å². The van der Waals surface area contributed by atoms with Gasteiger partial charge in [-0.25, -0.2) is 4.98 Å². The Morgan fingerprint density at radius 3 is 1.59 bits per heavy atom. The molecule has 1 aromatic heterocycles. The molecule has 0 amide bonds. The first-order chi connectivity index (χ1) is 26.6. The van der Waals surface area contributed by atoms with Crippen molar-refractivity contribution in [2.24, 2.45) is 0 Å². The van der Waals surface area contributed by atoms with Gasteiger partial charge >= 0.3 is 0 Å². The zero-order valence-electron chi connectivity index (χ0n) is 30.6. The number of aromatic nitrogens is 2. The van der Waals surface area contributed by atoms with Crippen molar-refractivity contribution in [1.82, 2.24) is 9.55 Å². The third-order valence-electron chi connectivity index (χ3n) is 10.7. The minimum Gasteiger partial charge on any atom is -0.311 e. The van der Waals surface area contributed by atoms with E-state index < -0.39 is 5.41 Å². The number of anilines is 3. The Morgan fingerprint density at radius 1 is 0.519 bits per heavy atom. The van der Waals surface area contributed by atoms with Crippen molar-refractivity contribution < 1.29 is 0 Å². The van der Waals surface area contributed by atoms with Crippen LogP contribution in [0.25, 0.3) is 33.4 Å². The topological polar surface area (TPSA) is 21.1 Å². The fraction of sp³-hybridized carbons (Fsp3) is 0.0784. The minimum absolute atomic E-state index is 0.438. The number of aryl methyl sites for hydroxylation is 2. The molecule has 8 aromatic rings. The van der Waals surface area contributed by atoms with Gasteiger partial charge in [0.1, 0.15) is 5.82 Å². The average Bonchev–Trinajstić information content (AvgIpc) is 3.64. The number of para-hydroxylation sites is 3. The molecular formula is C51H41N3. The number of hydrogen-bond donors (Lipinski definition) is 0. The predicted molar refractivity (Wildman–Crippen MR) is 226 cm³/mol. The summed E-state index contributed by atoms with van der Waals surface area (Å²) in [5.74, 6) is 1.02. The summed E-state index contributed by atoms with van der Waals surface area (Å²) in [5, 5.41) is 0. The smallest absolute Gasteiger partial charge is 0.129 e. The van der Waals surface area contributed by atoms with Crippen LogP contribution in [0.5, 0.6) is 0 Å². The molecule has 0 radical (unpaired) electrons. The zero-order valence-corrected chi connectivity index (χ0v) is 30.6. The number of allylic oxidation sites excluding steroid dienone is 4. The first kappa shape index (κ1) is 33.1. The average molecular weight is 696 g/mol. The Balaban J connectivity index is 1.02. The van der Waals surface area contributed by atoms with Crippen molar-refractivity contribution in [3.8, 4) is 16.8 Å². The van der Waals surface area contributed by atoms with Crippen molar-refractivity contribution in [1.29, 1.82) is 0 Å². The molecule has 1 aliphatic carbocycles. The van der Waals surface area contributed by atoms with Gasteiger partial charge in [-0.1, -0.05) is 151 Å². The molecular weight excluding hydrogens is 655 g/mol. The molecule has 260 valence electrons. The molecule has 7 aromatic carbocycles. The molecule has 0 saturated heterocycles. The molecule has 0 saturated carbocycles. The predicted octanol–water partition coefficient (Wildman–Crippen LogP) is 13.1. The van der Waals surface area contributed by atoms with Crippen LogP contribution in [-0.4, -0.2) is 9.55 Å². The zero-order chi connectivity index (χ0) is 36.5. The van der Waals surface area contributed by atoms with E-state index in [9.17, 15) is 0 Å². The highest BCUT2D eigenvalue weighted by Gasteiger charge is 2.38. The van der Waals surface area contributed by atoms with Crippen LogP contribution in [0, 0.1) is 13.8 Å². The molecule has 1 unspecified atom stereocenters. The van der Waals surface area contributed by atoms with Crippen LogP contribution < -0.4 is 4.90 Å². The van der Waals surface area contributed by atoms with Crippen LogP contribution in [0.1, 0.15) is 34.5 Å². The van der Waals surface area contributed by atoms with Crippen LogP contribution in [0.15, 0.2) is 200 Å². The van der Waals surface area contributed by atoms with Gasteiger partial charge in [-0.2, -0.15) is 0 Å². The number of benzene rings is 7. The third-order valence-corrected chi connectivity index (χ3v) is 10.7. The molecule has 1 heterocycles. The van der Waals surface area contributed by atoms with Gasteiger partial charge in [-0.05, 0) is 109 Å². The van der Waals surface area contributed by atoms with E-state index in [0.717, 1.165) is 46.0 Å². The fourth-order valence-corrected chi connectivity index (χ4v) is 7.75. The maximum absolute atomic E-state index is 5.34. The summed E-state index contributed by atoms with van der Waals surface area (Å²) in [6, 6.07) is 65.2. The number of fused-ring (bicyclic) bond motifs is 1. The highest BCUT2D eigenvalue weighted by molar-refractivity contribution is 5.82. The second-order valence-corrected chi connectivity index (χ2v) is 14.3. The summed E-state index contributed by atoms with van der Waals surface area (Å²) in [4.78, 5) is 7.66. The standard InChI is InChI=1S/C51H41N3/c1-37-17-27-45(28-18-37)53(46-29-19-38(2)20-30-46)47-31-25-41(26-32-47)39-21-23-40(24-22-39)42-33-35-51(36-34-42,43-11-5-3-6-12-43)50-52-48-15-9-10-16-49(48)54(50)44-13-7-4-8-14-44/h3-35H,36H2,1-2H3. The Kier molecular flexibility index (Phi) is 8.61. The van der Waals surface area contributed by atoms with E-state index in [-0.39, 0.29) is 0 Å². The molecule has 54 heavy (non-hydrogen) atoms. The fourth-order valence-electron chi connectivity index (χ4n) is 7.75. The highest BCUT2D eigenvalue weighted by atomic mass is 15.1. The summed E-state index contributed by atoms with van der Waals surface area (Å²) in [6.45, 7) is 4.26. The van der Waals surface area contributed by atoms with Crippen molar-refractivity contribution in [2.75, 3.05) is 4.90 Å². The van der Waals surface area contributed by atoms with E-state index in [1.54, 1.807) is 0 Å². The van der Waals surface area contributed by atoms with Crippen LogP contribution in [0.3, 0.4) is 0 Å². The second kappa shape index (κ2) is 14.0. The van der Waals surface area contributed by atoms with Crippen molar-refractivity contribution in [3.05, 3.63) is 228 Å². The van der Waals surface area contributed by atoms with E-state index in [1.165, 1.54) is 39.0 Å². The van der Waals surface area contributed by atoms with Crippen LogP contribution in [-0.2, 0) is 5.41 Å². The maximum atomic E-state index is 5.34. The molecule has 9 rings (SSSR count). The SMILES string of the molecule is Cc1ccc(N(c2ccc(C)cc2)c2ccc(-c3ccc(C4=CCC(c5ccccc5)(c5nc6ccccc6n5-c5ccccc5)C=C4)cc3)cc2)cc1. The molecule has 0 aliphatic heterocycles. The number of imidazole rings is 1. The molecule has 0 fully saturated rings. The van der Waals surface area contributed by atoms with E-state index in [1.807, 2.05) is 0 Å². The number of nitrogens with zero attached hydrogens (tertiary/aromatic N) is 3. The molecule has 0 spiro atoms. The second-order valence-electron chi connectivity index (χ2n) is 14.3. The Morgan fingerprint density at radius 2 is 1.02 bits per heavy atom. The summed E-state index contributed by atoms with van der Waals surface area (Å²) in [5.41, 5.74) is 14.7. The quantitative estimate of drug-likeness (QED) is 0.158. The number of hydrogen-bond acceptors (Lipinski definition) is 2. The van der Waals surface area contributed by atoms with Gasteiger partial charge in [0.15, 0.2) is 0 Å². The summed E-state index contributed by atoms with van der Waals surface area (Å²) in [7, 11) is 0. The van der Waals surface area contributed by atoms with Crippen molar-refractivity contribution in [2.45, 2.75) is 25.7 Å². The molecule has 1 atom stereocenters. The third kappa shape index (κ3) is 6.14. The Labute approximate surface area is 317 Å². The largest absolute Gasteiger partial charge is 0.311 e. The molecule has 3 heteroatoms.